The van der Waals surface area contributed by atoms with Crippen molar-refractivity contribution in [3.63, 3.8) is 0 Å². The largest absolute Gasteiger partial charge is 0.391 e. The lowest BCUT2D eigenvalue weighted by Crippen LogP contribution is -2.43. The molecule has 1 aliphatic heterocycles. The van der Waals surface area contributed by atoms with Crippen LogP contribution in [0.4, 0.5) is 0 Å². The summed E-state index contributed by atoms with van der Waals surface area (Å²) in [4.78, 5) is 2.36. The molecule has 2 aromatic carbocycles. The van der Waals surface area contributed by atoms with Crippen LogP contribution in [0.25, 0.3) is 0 Å². The predicted molar refractivity (Wildman–Crippen MR) is 119 cm³/mol. The normalized spacial score (nSPS) is 20.3. The summed E-state index contributed by atoms with van der Waals surface area (Å²) in [6.45, 7) is 4.99. The third-order valence-electron chi connectivity index (χ3n) is 6.36. The van der Waals surface area contributed by atoms with E-state index in [4.69, 9.17) is 9.47 Å². The summed E-state index contributed by atoms with van der Waals surface area (Å²) >= 11 is 0. The molecule has 160 valence electrons. The summed E-state index contributed by atoms with van der Waals surface area (Å²) in [6.07, 6.45) is 5.31. The van der Waals surface area contributed by atoms with Gasteiger partial charge in [0, 0.05) is 32.0 Å². The second-order valence-corrected chi connectivity index (χ2v) is 8.46. The fourth-order valence-corrected chi connectivity index (χ4v) is 4.57. The number of nitrogens with zero attached hydrogens (tertiary/aromatic N) is 1. The highest BCUT2D eigenvalue weighted by atomic mass is 16.7. The molecule has 0 radical (unpaired) electrons. The number of rotatable bonds is 8. The van der Waals surface area contributed by atoms with Crippen LogP contribution in [0.5, 0.6) is 0 Å². The fraction of sp³-hybridized carbons (Fsp3) is 0.462. The van der Waals surface area contributed by atoms with Gasteiger partial charge in [-0.15, -0.1) is 0 Å². The summed E-state index contributed by atoms with van der Waals surface area (Å²) in [5, 5.41) is 11.2. The Morgan fingerprint density at radius 1 is 0.933 bits per heavy atom. The van der Waals surface area contributed by atoms with Crippen molar-refractivity contribution in [2.75, 3.05) is 13.2 Å². The molecular formula is C26H33NO3. The highest BCUT2D eigenvalue weighted by Gasteiger charge is 2.42. The quantitative estimate of drug-likeness (QED) is 0.645. The molecule has 1 N–H and O–H groups in total. The first kappa shape index (κ1) is 21.3. The van der Waals surface area contributed by atoms with Crippen LogP contribution in [0.15, 0.2) is 72.3 Å². The van der Waals surface area contributed by atoms with Crippen molar-refractivity contribution in [1.29, 1.82) is 0 Å². The maximum atomic E-state index is 11.2. The molecule has 1 heterocycles. The van der Waals surface area contributed by atoms with Crippen LogP contribution in [0.2, 0.25) is 0 Å². The van der Waals surface area contributed by atoms with Crippen LogP contribution < -0.4 is 0 Å². The molecule has 4 rings (SSSR count). The first-order valence-corrected chi connectivity index (χ1v) is 11.1. The van der Waals surface area contributed by atoms with E-state index in [-0.39, 0.29) is 6.04 Å². The number of hydrogen-bond donors (Lipinski definition) is 1. The van der Waals surface area contributed by atoms with Gasteiger partial charge in [-0.3, -0.25) is 4.90 Å². The van der Waals surface area contributed by atoms with E-state index >= 15 is 0 Å². The molecule has 1 spiro atoms. The summed E-state index contributed by atoms with van der Waals surface area (Å²) in [6, 6.07) is 21.0. The van der Waals surface area contributed by atoms with Gasteiger partial charge in [-0.1, -0.05) is 66.7 Å². The zero-order valence-electron chi connectivity index (χ0n) is 17.9. The molecule has 4 heteroatoms. The Morgan fingerprint density at radius 3 is 2.07 bits per heavy atom. The lowest BCUT2D eigenvalue weighted by Gasteiger charge is -2.37. The smallest absolute Gasteiger partial charge is 0.191 e. The van der Waals surface area contributed by atoms with E-state index in [9.17, 15) is 5.11 Å². The van der Waals surface area contributed by atoms with Gasteiger partial charge in [-0.25, -0.2) is 0 Å². The second-order valence-electron chi connectivity index (χ2n) is 8.46. The number of ether oxygens (including phenoxy) is 2. The number of benzene rings is 2. The van der Waals surface area contributed by atoms with E-state index in [0.29, 0.717) is 19.6 Å². The third kappa shape index (κ3) is 5.01. The van der Waals surface area contributed by atoms with Gasteiger partial charge in [0.2, 0.25) is 0 Å². The van der Waals surface area contributed by atoms with Crippen LogP contribution in [0.3, 0.4) is 0 Å². The van der Waals surface area contributed by atoms with Crippen molar-refractivity contribution in [3.05, 3.63) is 83.4 Å². The Kier molecular flexibility index (Phi) is 7.00. The standard InChI is InChI=1S/C26H33NO3/c1-21(25(28)18-24-14-8-9-15-26(24)29-16-17-30-26)27(19-22-10-4-2-5-11-22)20-23-12-6-3-7-13-23/h2-7,10-14,21,25,28H,8-9,15-20H2,1H3/t21-,25-/m0/s1. The van der Waals surface area contributed by atoms with Gasteiger partial charge < -0.3 is 14.6 Å². The van der Waals surface area contributed by atoms with E-state index < -0.39 is 11.9 Å². The molecule has 0 unspecified atom stereocenters. The van der Waals surface area contributed by atoms with E-state index in [1.54, 1.807) is 0 Å². The first-order chi connectivity index (χ1) is 14.7. The molecule has 30 heavy (non-hydrogen) atoms. The zero-order valence-corrected chi connectivity index (χ0v) is 17.9. The van der Waals surface area contributed by atoms with Gasteiger partial charge in [0.25, 0.3) is 0 Å². The van der Waals surface area contributed by atoms with Crippen LogP contribution in [0, 0.1) is 0 Å². The average molecular weight is 408 g/mol. The van der Waals surface area contributed by atoms with E-state index in [1.165, 1.54) is 11.1 Å². The van der Waals surface area contributed by atoms with Crippen molar-refractivity contribution >= 4 is 0 Å². The van der Waals surface area contributed by atoms with Crippen molar-refractivity contribution in [3.8, 4) is 0 Å². The Balaban J connectivity index is 1.49. The number of aliphatic hydroxyl groups excluding tert-OH is 1. The van der Waals surface area contributed by atoms with Crippen molar-refractivity contribution in [1.82, 2.24) is 4.90 Å². The molecule has 2 aromatic rings. The number of hydrogen-bond acceptors (Lipinski definition) is 4. The molecule has 0 bridgehead atoms. The SMILES string of the molecule is C[C@@H]([C@@H](O)CC1=CCCCC12OCCO2)N(Cc1ccccc1)Cc1ccccc1. The van der Waals surface area contributed by atoms with Gasteiger partial charge in [-0.05, 0) is 36.5 Å². The lowest BCUT2D eigenvalue weighted by molar-refractivity contribution is -0.139. The lowest BCUT2D eigenvalue weighted by atomic mass is 9.87. The molecule has 4 nitrogen and oxygen atoms in total. The van der Waals surface area contributed by atoms with Crippen LogP contribution in [0.1, 0.15) is 43.7 Å². The van der Waals surface area contributed by atoms with Gasteiger partial charge in [-0.2, -0.15) is 0 Å². The summed E-state index contributed by atoms with van der Waals surface area (Å²) in [5.41, 5.74) is 3.62. The Bertz CT molecular complexity index is 773. The summed E-state index contributed by atoms with van der Waals surface area (Å²) < 4.78 is 12.0. The van der Waals surface area contributed by atoms with Crippen LogP contribution >= 0.6 is 0 Å². The van der Waals surface area contributed by atoms with Crippen molar-refractivity contribution in [2.45, 2.75) is 63.6 Å². The Labute approximate surface area is 180 Å². The topological polar surface area (TPSA) is 41.9 Å². The predicted octanol–water partition coefficient (Wildman–Crippen LogP) is 4.68. The van der Waals surface area contributed by atoms with Gasteiger partial charge >= 0.3 is 0 Å². The number of aliphatic hydroxyl groups is 1. The van der Waals surface area contributed by atoms with Gasteiger partial charge in [0.15, 0.2) is 5.79 Å². The Hall–Kier alpha value is -1.98. The molecular weight excluding hydrogens is 374 g/mol. The van der Waals surface area contributed by atoms with Crippen molar-refractivity contribution < 1.29 is 14.6 Å². The molecule has 1 aliphatic carbocycles. The van der Waals surface area contributed by atoms with Crippen LogP contribution in [-0.2, 0) is 22.6 Å². The average Bonchev–Trinajstić information content (AvgIpc) is 3.25. The molecule has 0 amide bonds. The zero-order chi connectivity index (χ0) is 20.8. The second kappa shape index (κ2) is 9.88. The third-order valence-corrected chi connectivity index (χ3v) is 6.36. The highest BCUT2D eigenvalue weighted by Crippen LogP contribution is 2.39. The maximum Gasteiger partial charge on any atom is 0.191 e. The summed E-state index contributed by atoms with van der Waals surface area (Å²) in [5.74, 6) is -0.595. The van der Waals surface area contributed by atoms with E-state index in [1.807, 2.05) is 12.1 Å². The Morgan fingerprint density at radius 2 is 1.50 bits per heavy atom. The fourth-order valence-electron chi connectivity index (χ4n) is 4.57. The minimum Gasteiger partial charge on any atom is -0.391 e. The molecule has 2 atom stereocenters. The van der Waals surface area contributed by atoms with E-state index in [2.05, 4.69) is 66.4 Å². The maximum absolute atomic E-state index is 11.2. The number of allylic oxidation sites excluding steroid dienone is 1. The van der Waals surface area contributed by atoms with Crippen LogP contribution in [-0.4, -0.2) is 41.2 Å². The first-order valence-electron chi connectivity index (χ1n) is 11.1. The molecule has 2 aliphatic rings. The highest BCUT2D eigenvalue weighted by molar-refractivity contribution is 5.20. The minimum atomic E-state index is -0.595. The van der Waals surface area contributed by atoms with Crippen molar-refractivity contribution in [2.24, 2.45) is 0 Å². The van der Waals surface area contributed by atoms with E-state index in [0.717, 1.165) is 37.9 Å². The molecule has 0 saturated carbocycles. The monoisotopic (exact) mass is 407 g/mol. The van der Waals surface area contributed by atoms with Gasteiger partial charge in [0.1, 0.15) is 0 Å². The van der Waals surface area contributed by atoms with Gasteiger partial charge in [0.05, 0.1) is 19.3 Å². The molecule has 1 saturated heterocycles. The summed E-state index contributed by atoms with van der Waals surface area (Å²) in [7, 11) is 0. The minimum absolute atomic E-state index is 0.00769. The molecule has 0 aromatic heterocycles. The molecule has 1 fully saturated rings.